The number of amides is 2. The standard InChI is InChI=1S/C23H19F3N6O3S/c24-23(25,26)35-18-4-2-1-3-17(18)30-22(34)32-21-29-12-16(20(33)31-21)15-7-5-14(6-8-15)11-27-13-19-28-9-10-36-19/h1-10,12,27H,11,13H2,(H3,29,30,31,32,33,34). The quantitative estimate of drug-likeness (QED) is 0.269. The highest BCUT2D eigenvalue weighted by molar-refractivity contribution is 7.09. The largest absolute Gasteiger partial charge is 0.573 e. The molecule has 0 atom stereocenters. The van der Waals surface area contributed by atoms with Gasteiger partial charge in [-0.05, 0) is 23.3 Å². The van der Waals surface area contributed by atoms with Gasteiger partial charge in [0.1, 0.15) is 5.01 Å². The molecule has 9 nitrogen and oxygen atoms in total. The molecule has 0 fully saturated rings. The number of rotatable bonds is 8. The zero-order valence-electron chi connectivity index (χ0n) is 18.4. The number of thiazole rings is 1. The lowest BCUT2D eigenvalue weighted by atomic mass is 10.1. The van der Waals surface area contributed by atoms with Gasteiger partial charge in [-0.3, -0.25) is 15.1 Å². The highest BCUT2D eigenvalue weighted by Gasteiger charge is 2.32. The zero-order chi connectivity index (χ0) is 25.5. The van der Waals surface area contributed by atoms with Crippen molar-refractivity contribution in [3.8, 4) is 16.9 Å². The fourth-order valence-electron chi connectivity index (χ4n) is 3.16. The molecular weight excluding hydrogens is 497 g/mol. The number of halogens is 3. The predicted molar refractivity (Wildman–Crippen MR) is 129 cm³/mol. The minimum Gasteiger partial charge on any atom is -0.404 e. The lowest BCUT2D eigenvalue weighted by molar-refractivity contribution is -0.274. The van der Waals surface area contributed by atoms with Gasteiger partial charge in [-0.25, -0.2) is 14.8 Å². The van der Waals surface area contributed by atoms with Crippen LogP contribution in [0.4, 0.5) is 29.6 Å². The van der Waals surface area contributed by atoms with Crippen molar-refractivity contribution in [3.05, 3.63) is 87.2 Å². The Hall–Kier alpha value is -4.23. The number of aromatic nitrogens is 3. The Balaban J connectivity index is 1.36. The van der Waals surface area contributed by atoms with Gasteiger partial charge in [0.25, 0.3) is 5.56 Å². The van der Waals surface area contributed by atoms with E-state index < -0.39 is 23.7 Å². The van der Waals surface area contributed by atoms with Crippen molar-refractivity contribution in [3.63, 3.8) is 0 Å². The van der Waals surface area contributed by atoms with Gasteiger partial charge >= 0.3 is 12.4 Å². The van der Waals surface area contributed by atoms with Crippen LogP contribution >= 0.6 is 11.3 Å². The molecular formula is C23H19F3N6O3S. The molecule has 0 saturated heterocycles. The third kappa shape index (κ3) is 6.90. The summed E-state index contributed by atoms with van der Waals surface area (Å²) in [4.78, 5) is 35.5. The molecule has 2 aromatic carbocycles. The molecule has 4 rings (SSSR count). The number of nitrogens with zero attached hydrogens (tertiary/aromatic N) is 2. The number of aromatic amines is 1. The molecule has 36 heavy (non-hydrogen) atoms. The van der Waals surface area contributed by atoms with Crippen LogP contribution < -0.4 is 26.2 Å². The van der Waals surface area contributed by atoms with Crippen LogP contribution in [-0.4, -0.2) is 27.3 Å². The van der Waals surface area contributed by atoms with Gasteiger partial charge in [0.15, 0.2) is 5.75 Å². The van der Waals surface area contributed by atoms with E-state index in [1.54, 1.807) is 29.7 Å². The average Bonchev–Trinajstić information content (AvgIpc) is 3.34. The van der Waals surface area contributed by atoms with Crippen LogP contribution in [-0.2, 0) is 13.1 Å². The van der Waals surface area contributed by atoms with Crippen molar-refractivity contribution >= 4 is 29.0 Å². The summed E-state index contributed by atoms with van der Waals surface area (Å²) in [7, 11) is 0. The van der Waals surface area contributed by atoms with Crippen LogP contribution in [0, 0.1) is 0 Å². The number of carbonyl (C=O) groups is 1. The van der Waals surface area contributed by atoms with Crippen molar-refractivity contribution < 1.29 is 22.7 Å². The SMILES string of the molecule is O=C(Nc1ncc(-c2ccc(CNCc3nccs3)cc2)c(=O)[nH]1)Nc1ccccc1OC(F)(F)F. The molecule has 2 amide bonds. The summed E-state index contributed by atoms with van der Waals surface area (Å²) in [6.45, 7) is 1.29. The first-order chi connectivity index (χ1) is 17.3. The van der Waals surface area contributed by atoms with Crippen molar-refractivity contribution in [2.24, 2.45) is 0 Å². The number of alkyl halides is 3. The maximum Gasteiger partial charge on any atom is 0.573 e. The van der Waals surface area contributed by atoms with E-state index in [1.165, 1.54) is 24.4 Å². The van der Waals surface area contributed by atoms with E-state index in [0.29, 0.717) is 18.7 Å². The van der Waals surface area contributed by atoms with E-state index in [9.17, 15) is 22.8 Å². The maximum atomic E-state index is 12.6. The van der Waals surface area contributed by atoms with Crippen molar-refractivity contribution in [1.29, 1.82) is 0 Å². The van der Waals surface area contributed by atoms with Gasteiger partial charge in [0, 0.05) is 30.9 Å². The number of hydrogen-bond acceptors (Lipinski definition) is 7. The smallest absolute Gasteiger partial charge is 0.404 e. The van der Waals surface area contributed by atoms with Crippen molar-refractivity contribution in [2.75, 3.05) is 10.6 Å². The summed E-state index contributed by atoms with van der Waals surface area (Å²) in [5.74, 6) is -0.766. The molecule has 4 aromatic rings. The first-order valence-corrected chi connectivity index (χ1v) is 11.4. The van der Waals surface area contributed by atoms with Gasteiger partial charge < -0.3 is 15.4 Å². The molecule has 4 N–H and O–H groups in total. The van der Waals surface area contributed by atoms with E-state index in [-0.39, 0.29) is 17.2 Å². The molecule has 186 valence electrons. The molecule has 2 heterocycles. The number of anilines is 2. The molecule has 0 bridgehead atoms. The van der Waals surface area contributed by atoms with E-state index in [1.807, 2.05) is 17.5 Å². The number of urea groups is 1. The van der Waals surface area contributed by atoms with Crippen LogP contribution in [0.3, 0.4) is 0 Å². The molecule has 13 heteroatoms. The fraction of sp³-hybridized carbons (Fsp3) is 0.130. The Kier molecular flexibility index (Phi) is 7.61. The van der Waals surface area contributed by atoms with Gasteiger partial charge in [0.05, 0.1) is 11.3 Å². The van der Waals surface area contributed by atoms with Crippen LogP contribution in [0.25, 0.3) is 11.1 Å². The van der Waals surface area contributed by atoms with E-state index in [4.69, 9.17) is 0 Å². The molecule has 0 aliphatic rings. The van der Waals surface area contributed by atoms with Gasteiger partial charge in [-0.1, -0.05) is 36.4 Å². The Morgan fingerprint density at radius 1 is 1.03 bits per heavy atom. The Morgan fingerprint density at radius 2 is 1.81 bits per heavy atom. The summed E-state index contributed by atoms with van der Waals surface area (Å²) < 4.78 is 41.5. The summed E-state index contributed by atoms with van der Waals surface area (Å²) in [6.07, 6.45) is -1.87. The van der Waals surface area contributed by atoms with E-state index in [2.05, 4.69) is 35.6 Å². The number of hydrogen-bond donors (Lipinski definition) is 4. The normalized spacial score (nSPS) is 11.2. The van der Waals surface area contributed by atoms with Gasteiger partial charge in [-0.15, -0.1) is 24.5 Å². The highest BCUT2D eigenvalue weighted by atomic mass is 32.1. The highest BCUT2D eigenvalue weighted by Crippen LogP contribution is 2.30. The Labute approximate surface area is 206 Å². The first kappa shape index (κ1) is 24.9. The zero-order valence-corrected chi connectivity index (χ0v) is 19.2. The predicted octanol–water partition coefficient (Wildman–Crippen LogP) is 4.73. The van der Waals surface area contributed by atoms with E-state index in [0.717, 1.165) is 16.6 Å². The number of nitrogens with one attached hydrogen (secondary N) is 4. The molecule has 0 radical (unpaired) electrons. The number of carbonyl (C=O) groups excluding carboxylic acids is 1. The minimum absolute atomic E-state index is 0.182. The molecule has 0 aliphatic carbocycles. The lowest BCUT2D eigenvalue weighted by Crippen LogP contribution is -2.24. The van der Waals surface area contributed by atoms with Crippen LogP contribution in [0.1, 0.15) is 10.6 Å². The molecule has 2 aromatic heterocycles. The van der Waals surface area contributed by atoms with Gasteiger partial charge in [-0.2, -0.15) is 0 Å². The monoisotopic (exact) mass is 516 g/mol. The summed E-state index contributed by atoms with van der Waals surface area (Å²) >= 11 is 1.57. The lowest BCUT2D eigenvalue weighted by Gasteiger charge is -2.14. The number of H-pyrrole nitrogens is 1. The van der Waals surface area contributed by atoms with Crippen LogP contribution in [0.5, 0.6) is 5.75 Å². The molecule has 0 saturated carbocycles. The average molecular weight is 517 g/mol. The second-order valence-electron chi connectivity index (χ2n) is 7.32. The summed E-state index contributed by atoms with van der Waals surface area (Å²) in [5, 5.41) is 10.7. The van der Waals surface area contributed by atoms with Crippen molar-refractivity contribution in [1.82, 2.24) is 20.3 Å². The maximum absolute atomic E-state index is 12.6. The van der Waals surface area contributed by atoms with Crippen molar-refractivity contribution in [2.45, 2.75) is 19.5 Å². The first-order valence-electron chi connectivity index (χ1n) is 10.5. The Morgan fingerprint density at radius 3 is 2.50 bits per heavy atom. The third-order valence-electron chi connectivity index (χ3n) is 4.75. The second kappa shape index (κ2) is 11.0. The van der Waals surface area contributed by atoms with E-state index >= 15 is 0 Å². The number of ether oxygens (including phenoxy) is 1. The third-order valence-corrected chi connectivity index (χ3v) is 5.53. The second-order valence-corrected chi connectivity index (χ2v) is 8.30. The number of para-hydroxylation sites is 2. The Bertz CT molecular complexity index is 1380. The van der Waals surface area contributed by atoms with Crippen LogP contribution in [0.2, 0.25) is 0 Å². The summed E-state index contributed by atoms with van der Waals surface area (Å²) in [5.41, 5.74) is 1.21. The molecule has 0 unspecified atom stereocenters. The number of benzene rings is 2. The fourth-order valence-corrected chi connectivity index (χ4v) is 3.75. The topological polar surface area (TPSA) is 121 Å². The molecule has 0 spiro atoms. The van der Waals surface area contributed by atoms with Gasteiger partial charge in [0.2, 0.25) is 5.95 Å². The molecule has 0 aliphatic heterocycles. The minimum atomic E-state index is -4.92. The summed E-state index contributed by atoms with van der Waals surface area (Å²) in [6, 6.07) is 11.4. The van der Waals surface area contributed by atoms with Crippen LogP contribution in [0.15, 0.2) is 71.1 Å².